The van der Waals surface area contributed by atoms with E-state index >= 15 is 0 Å². The summed E-state index contributed by atoms with van der Waals surface area (Å²) in [5, 5.41) is 8.54. The summed E-state index contributed by atoms with van der Waals surface area (Å²) in [6.45, 7) is 1.82. The van der Waals surface area contributed by atoms with Gasteiger partial charge in [-0.15, -0.1) is 0 Å². The van der Waals surface area contributed by atoms with Gasteiger partial charge in [-0.25, -0.2) is 0 Å². The molecular weight excluding hydrogens is 394 g/mol. The molecule has 0 bridgehead atoms. The maximum atomic E-state index is 13.5. The highest BCUT2D eigenvalue weighted by atomic mass is 32.1. The molecule has 150 valence electrons. The standard InChI is InChI=1S/C24H21N3O2S/c28-20-12-11-19-21(22(29)16-7-3-1-4-8-16)23(26-17-13-14-25-15-17)30-24(19)27(20)18-9-5-2-6-10-18/h1-12,17,25-26H,13-15H2/t17-/m1/s1. The van der Waals surface area contributed by atoms with E-state index in [0.717, 1.165) is 40.4 Å². The maximum Gasteiger partial charge on any atom is 0.256 e. The second kappa shape index (κ2) is 7.89. The van der Waals surface area contributed by atoms with Crippen LogP contribution < -0.4 is 16.2 Å². The van der Waals surface area contributed by atoms with Crippen molar-refractivity contribution < 1.29 is 4.79 Å². The molecule has 0 radical (unpaired) electrons. The number of carbonyl (C=O) groups is 1. The number of ketones is 1. The summed E-state index contributed by atoms with van der Waals surface area (Å²) < 4.78 is 1.69. The van der Waals surface area contributed by atoms with Crippen molar-refractivity contribution in [3.05, 3.63) is 94.3 Å². The average molecular weight is 416 g/mol. The third-order valence-corrected chi connectivity index (χ3v) is 6.54. The van der Waals surface area contributed by atoms with Gasteiger partial charge in [0, 0.05) is 29.6 Å². The molecule has 2 N–H and O–H groups in total. The number of aromatic nitrogens is 1. The Hall–Kier alpha value is -3.22. The quantitative estimate of drug-likeness (QED) is 0.483. The number of thiophene rings is 1. The largest absolute Gasteiger partial charge is 0.372 e. The Morgan fingerprint density at radius 2 is 1.73 bits per heavy atom. The fourth-order valence-electron chi connectivity index (χ4n) is 3.93. The predicted molar refractivity (Wildman–Crippen MR) is 122 cm³/mol. The number of rotatable bonds is 5. The number of nitrogens with one attached hydrogen (secondary N) is 2. The van der Waals surface area contributed by atoms with Gasteiger partial charge in [0.1, 0.15) is 9.83 Å². The average Bonchev–Trinajstić information content (AvgIpc) is 3.42. The van der Waals surface area contributed by atoms with Crippen LogP contribution in [0.25, 0.3) is 15.9 Å². The number of anilines is 1. The molecule has 5 rings (SSSR count). The van der Waals surface area contributed by atoms with Gasteiger partial charge in [-0.1, -0.05) is 59.9 Å². The SMILES string of the molecule is O=C(c1ccccc1)c1c(N[C@@H]2CCNC2)sc2c1ccc(=O)n2-c1ccccc1. The molecule has 3 heterocycles. The molecule has 5 nitrogen and oxygen atoms in total. The second-order valence-electron chi connectivity index (χ2n) is 7.40. The Labute approximate surface area is 178 Å². The van der Waals surface area contributed by atoms with Crippen molar-refractivity contribution in [2.75, 3.05) is 18.4 Å². The maximum absolute atomic E-state index is 13.5. The van der Waals surface area contributed by atoms with Gasteiger partial charge in [-0.2, -0.15) is 0 Å². The number of hydrogen-bond acceptors (Lipinski definition) is 5. The third kappa shape index (κ3) is 3.34. The van der Waals surface area contributed by atoms with Gasteiger partial charge in [0.2, 0.25) is 0 Å². The Morgan fingerprint density at radius 3 is 2.43 bits per heavy atom. The minimum atomic E-state index is -0.109. The summed E-state index contributed by atoms with van der Waals surface area (Å²) in [5.41, 5.74) is 1.96. The van der Waals surface area contributed by atoms with Crippen LogP contribution in [0, 0.1) is 0 Å². The van der Waals surface area contributed by atoms with Gasteiger partial charge in [-0.3, -0.25) is 14.2 Å². The minimum Gasteiger partial charge on any atom is -0.372 e. The molecule has 0 saturated carbocycles. The van der Waals surface area contributed by atoms with Crippen LogP contribution in [0.1, 0.15) is 22.3 Å². The Kier molecular flexibility index (Phi) is 4.94. The molecule has 1 fully saturated rings. The summed E-state index contributed by atoms with van der Waals surface area (Å²) >= 11 is 1.47. The molecule has 1 saturated heterocycles. The number of fused-ring (bicyclic) bond motifs is 1. The second-order valence-corrected chi connectivity index (χ2v) is 8.40. The van der Waals surface area contributed by atoms with Gasteiger partial charge in [0.15, 0.2) is 5.78 Å². The monoisotopic (exact) mass is 415 g/mol. The van der Waals surface area contributed by atoms with Crippen LogP contribution in [0.4, 0.5) is 5.00 Å². The normalized spacial score (nSPS) is 16.1. The van der Waals surface area contributed by atoms with E-state index in [4.69, 9.17) is 0 Å². The van der Waals surface area contributed by atoms with E-state index in [0.29, 0.717) is 11.1 Å². The highest BCUT2D eigenvalue weighted by molar-refractivity contribution is 7.23. The number of pyridine rings is 1. The van der Waals surface area contributed by atoms with E-state index in [2.05, 4.69) is 10.6 Å². The highest BCUT2D eigenvalue weighted by Gasteiger charge is 2.25. The first-order chi connectivity index (χ1) is 14.7. The third-order valence-electron chi connectivity index (χ3n) is 5.41. The number of hydrogen-bond donors (Lipinski definition) is 2. The summed E-state index contributed by atoms with van der Waals surface area (Å²) in [4.78, 5) is 27.1. The molecule has 1 atom stereocenters. The van der Waals surface area contributed by atoms with Crippen molar-refractivity contribution in [3.8, 4) is 5.69 Å². The Bertz CT molecular complexity index is 1260. The van der Waals surface area contributed by atoms with Crippen LogP contribution in [0.5, 0.6) is 0 Å². The zero-order valence-electron chi connectivity index (χ0n) is 16.3. The van der Waals surface area contributed by atoms with E-state index in [-0.39, 0.29) is 17.4 Å². The number of nitrogens with zero attached hydrogens (tertiary/aromatic N) is 1. The lowest BCUT2D eigenvalue weighted by atomic mass is 10.0. The smallest absolute Gasteiger partial charge is 0.256 e. The van der Waals surface area contributed by atoms with Gasteiger partial charge < -0.3 is 10.6 Å². The fourth-order valence-corrected chi connectivity index (χ4v) is 5.22. The van der Waals surface area contributed by atoms with Crippen molar-refractivity contribution in [2.45, 2.75) is 12.5 Å². The highest BCUT2D eigenvalue weighted by Crippen LogP contribution is 2.38. The van der Waals surface area contributed by atoms with Gasteiger partial charge >= 0.3 is 0 Å². The van der Waals surface area contributed by atoms with Gasteiger partial charge in [-0.05, 0) is 31.2 Å². The van der Waals surface area contributed by atoms with Gasteiger partial charge in [0.25, 0.3) is 5.56 Å². The lowest BCUT2D eigenvalue weighted by Crippen LogP contribution is -2.22. The Morgan fingerprint density at radius 1 is 1.00 bits per heavy atom. The summed E-state index contributed by atoms with van der Waals surface area (Å²) in [7, 11) is 0. The topological polar surface area (TPSA) is 63.1 Å². The molecule has 1 aliphatic heterocycles. The van der Waals surface area contributed by atoms with Gasteiger partial charge in [0.05, 0.1) is 11.3 Å². The first-order valence-electron chi connectivity index (χ1n) is 10.0. The predicted octanol–water partition coefficient (Wildman–Crippen LogP) is 4.06. The number of benzene rings is 2. The van der Waals surface area contributed by atoms with Crippen LogP contribution in [0.3, 0.4) is 0 Å². The lowest BCUT2D eigenvalue weighted by molar-refractivity contribution is 0.104. The van der Waals surface area contributed by atoms with Crippen LogP contribution in [0.2, 0.25) is 0 Å². The molecule has 30 heavy (non-hydrogen) atoms. The first kappa shape index (κ1) is 18.8. The van der Waals surface area contributed by atoms with Crippen molar-refractivity contribution in [3.63, 3.8) is 0 Å². The minimum absolute atomic E-state index is 0.0337. The van der Waals surface area contributed by atoms with E-state index < -0.39 is 0 Å². The molecule has 2 aromatic carbocycles. The zero-order chi connectivity index (χ0) is 20.5. The zero-order valence-corrected chi connectivity index (χ0v) is 17.1. The first-order valence-corrected chi connectivity index (χ1v) is 10.8. The number of carbonyl (C=O) groups excluding carboxylic acids is 1. The van der Waals surface area contributed by atoms with E-state index in [1.54, 1.807) is 16.7 Å². The molecule has 4 aromatic rings. The fraction of sp³-hybridized carbons (Fsp3) is 0.167. The molecule has 0 spiro atoms. The van der Waals surface area contributed by atoms with Crippen LogP contribution in [0.15, 0.2) is 77.6 Å². The molecule has 2 aromatic heterocycles. The van der Waals surface area contributed by atoms with Crippen molar-refractivity contribution in [1.82, 2.24) is 9.88 Å². The van der Waals surface area contributed by atoms with E-state index in [1.807, 2.05) is 60.7 Å². The number of para-hydroxylation sites is 1. The van der Waals surface area contributed by atoms with E-state index in [9.17, 15) is 9.59 Å². The molecule has 1 aliphatic rings. The summed E-state index contributed by atoms with van der Waals surface area (Å²) in [6.07, 6.45) is 0.999. The van der Waals surface area contributed by atoms with Crippen molar-refractivity contribution in [1.29, 1.82) is 0 Å². The molecule has 6 heteroatoms. The van der Waals surface area contributed by atoms with E-state index in [1.165, 1.54) is 11.3 Å². The van der Waals surface area contributed by atoms with Crippen LogP contribution in [-0.4, -0.2) is 29.5 Å². The molecule has 0 amide bonds. The summed E-state index contributed by atoms with van der Waals surface area (Å²) in [6, 6.07) is 22.5. The molecule has 0 unspecified atom stereocenters. The van der Waals surface area contributed by atoms with Crippen molar-refractivity contribution in [2.24, 2.45) is 0 Å². The van der Waals surface area contributed by atoms with Crippen LogP contribution >= 0.6 is 11.3 Å². The van der Waals surface area contributed by atoms with Crippen LogP contribution in [-0.2, 0) is 0 Å². The Balaban J connectivity index is 1.74. The lowest BCUT2D eigenvalue weighted by Gasteiger charge is -2.12. The summed E-state index contributed by atoms with van der Waals surface area (Å²) in [5.74, 6) is -0.0337. The molecular formula is C24H21N3O2S. The van der Waals surface area contributed by atoms with Crippen molar-refractivity contribution >= 4 is 32.3 Å². The molecule has 0 aliphatic carbocycles.